The molecule has 1 heterocycles. The molecule has 1 amide bonds. The Balaban J connectivity index is 0.00000288. The summed E-state index contributed by atoms with van der Waals surface area (Å²) in [6, 6.07) is 3.19. The predicted octanol–water partition coefficient (Wildman–Crippen LogP) is 3.14. The molecule has 2 rings (SSSR count). The summed E-state index contributed by atoms with van der Waals surface area (Å²) in [5.74, 6) is -1.10. The molecule has 1 unspecified atom stereocenters. The van der Waals surface area contributed by atoms with E-state index in [1.807, 2.05) is 13.8 Å². The van der Waals surface area contributed by atoms with Crippen LogP contribution in [0.3, 0.4) is 0 Å². The standard InChI is InChI=1S/C17H25F2N3O.2ClH/c1-3-15(20)17(23)22-9-7-21(8-10-22)16(4-2)13-6-5-12(18)11-14(13)19;;/h5-6,11,15-16H,3-4,7-10,20H2,1-2H3;2*1H/t15-,16?;;/m0../s1. The Labute approximate surface area is 160 Å². The monoisotopic (exact) mass is 397 g/mol. The first kappa shape index (κ1) is 24.1. The molecule has 1 aromatic carbocycles. The molecule has 1 aliphatic rings. The highest BCUT2D eigenvalue weighted by atomic mass is 35.5. The second-order valence-electron chi connectivity index (χ2n) is 5.97. The van der Waals surface area contributed by atoms with E-state index in [0.717, 1.165) is 12.5 Å². The number of hydrogen-bond acceptors (Lipinski definition) is 3. The largest absolute Gasteiger partial charge is 0.339 e. The second-order valence-corrected chi connectivity index (χ2v) is 5.97. The topological polar surface area (TPSA) is 49.6 Å². The van der Waals surface area contributed by atoms with E-state index in [0.29, 0.717) is 38.2 Å². The van der Waals surface area contributed by atoms with Crippen molar-refractivity contribution in [3.63, 3.8) is 0 Å². The summed E-state index contributed by atoms with van der Waals surface area (Å²) in [6.07, 6.45) is 1.35. The third-order valence-electron chi connectivity index (χ3n) is 4.53. The summed E-state index contributed by atoms with van der Waals surface area (Å²) >= 11 is 0. The molecule has 1 saturated heterocycles. The van der Waals surface area contributed by atoms with E-state index in [-0.39, 0.29) is 36.8 Å². The van der Waals surface area contributed by atoms with Crippen molar-refractivity contribution in [2.45, 2.75) is 38.8 Å². The first-order valence-corrected chi connectivity index (χ1v) is 8.21. The van der Waals surface area contributed by atoms with Crippen molar-refractivity contribution in [2.75, 3.05) is 26.2 Å². The van der Waals surface area contributed by atoms with Gasteiger partial charge in [0.15, 0.2) is 0 Å². The summed E-state index contributed by atoms with van der Waals surface area (Å²) < 4.78 is 27.1. The molecule has 2 atom stereocenters. The summed E-state index contributed by atoms with van der Waals surface area (Å²) in [6.45, 7) is 6.38. The van der Waals surface area contributed by atoms with Crippen molar-refractivity contribution in [1.82, 2.24) is 9.80 Å². The number of benzene rings is 1. The number of carbonyl (C=O) groups excluding carboxylic acids is 1. The van der Waals surface area contributed by atoms with E-state index in [4.69, 9.17) is 5.73 Å². The molecule has 1 aromatic rings. The maximum atomic E-state index is 14.1. The second kappa shape index (κ2) is 10.9. The molecule has 1 aliphatic heterocycles. The lowest BCUT2D eigenvalue weighted by atomic mass is 10.0. The Morgan fingerprint density at radius 3 is 2.20 bits per heavy atom. The van der Waals surface area contributed by atoms with Gasteiger partial charge >= 0.3 is 0 Å². The number of amides is 1. The van der Waals surface area contributed by atoms with Gasteiger partial charge in [0.05, 0.1) is 6.04 Å². The van der Waals surface area contributed by atoms with E-state index in [1.54, 1.807) is 4.90 Å². The van der Waals surface area contributed by atoms with Crippen molar-refractivity contribution in [3.8, 4) is 0 Å². The quantitative estimate of drug-likeness (QED) is 0.829. The lowest BCUT2D eigenvalue weighted by molar-refractivity contribution is -0.134. The smallest absolute Gasteiger partial charge is 0.239 e. The van der Waals surface area contributed by atoms with Gasteiger partial charge in [0.2, 0.25) is 5.91 Å². The SMILES string of the molecule is CCC(c1ccc(F)cc1F)N1CCN(C(=O)[C@@H](N)CC)CC1.Cl.Cl. The molecule has 25 heavy (non-hydrogen) atoms. The molecule has 0 radical (unpaired) electrons. The zero-order valence-corrected chi connectivity index (χ0v) is 16.2. The minimum atomic E-state index is -0.565. The van der Waals surface area contributed by atoms with Gasteiger partial charge in [-0.2, -0.15) is 0 Å². The average Bonchev–Trinajstić information content (AvgIpc) is 2.56. The lowest BCUT2D eigenvalue weighted by Gasteiger charge is -2.40. The minimum absolute atomic E-state index is 0. The highest BCUT2D eigenvalue weighted by Gasteiger charge is 2.29. The van der Waals surface area contributed by atoms with Gasteiger partial charge in [0.25, 0.3) is 0 Å². The normalized spacial score (nSPS) is 17.2. The van der Waals surface area contributed by atoms with Gasteiger partial charge in [-0.05, 0) is 18.9 Å². The Kier molecular flexibility index (Phi) is 10.5. The van der Waals surface area contributed by atoms with Gasteiger partial charge in [-0.15, -0.1) is 24.8 Å². The highest BCUT2D eigenvalue weighted by molar-refractivity contribution is 5.85. The molecule has 0 saturated carbocycles. The first-order valence-electron chi connectivity index (χ1n) is 8.21. The van der Waals surface area contributed by atoms with Crippen LogP contribution in [-0.4, -0.2) is 47.9 Å². The molecule has 0 bridgehead atoms. The van der Waals surface area contributed by atoms with Crippen molar-refractivity contribution in [3.05, 3.63) is 35.4 Å². The number of rotatable bonds is 5. The van der Waals surface area contributed by atoms with Crippen molar-refractivity contribution >= 4 is 30.7 Å². The first-order chi connectivity index (χ1) is 11.0. The van der Waals surface area contributed by atoms with E-state index < -0.39 is 17.7 Å². The van der Waals surface area contributed by atoms with E-state index in [9.17, 15) is 13.6 Å². The van der Waals surface area contributed by atoms with Crippen LogP contribution in [0.25, 0.3) is 0 Å². The molecule has 144 valence electrons. The van der Waals surface area contributed by atoms with Gasteiger partial charge in [-0.1, -0.05) is 19.9 Å². The number of carbonyl (C=O) groups is 1. The van der Waals surface area contributed by atoms with Crippen LogP contribution in [-0.2, 0) is 4.79 Å². The van der Waals surface area contributed by atoms with Gasteiger partial charge in [-0.3, -0.25) is 9.69 Å². The number of nitrogens with zero attached hydrogens (tertiary/aromatic N) is 2. The third kappa shape index (κ3) is 5.78. The zero-order valence-electron chi connectivity index (χ0n) is 14.6. The molecule has 0 aromatic heterocycles. The van der Waals surface area contributed by atoms with Crippen LogP contribution in [0.1, 0.15) is 38.3 Å². The molecular weight excluding hydrogens is 371 g/mol. The Bertz CT molecular complexity index is 555. The molecule has 2 N–H and O–H groups in total. The van der Waals surface area contributed by atoms with Crippen molar-refractivity contribution < 1.29 is 13.6 Å². The van der Waals surface area contributed by atoms with Crippen LogP contribution in [0.5, 0.6) is 0 Å². The van der Waals surface area contributed by atoms with E-state index >= 15 is 0 Å². The number of piperazine rings is 1. The molecule has 8 heteroatoms. The maximum absolute atomic E-state index is 14.1. The van der Waals surface area contributed by atoms with Crippen LogP contribution in [0.4, 0.5) is 8.78 Å². The summed E-state index contributed by atoms with van der Waals surface area (Å²) in [7, 11) is 0. The molecule has 0 spiro atoms. The fraction of sp³-hybridized carbons (Fsp3) is 0.588. The molecule has 1 fully saturated rings. The number of hydrogen-bond donors (Lipinski definition) is 1. The number of halogens is 4. The third-order valence-corrected chi connectivity index (χ3v) is 4.53. The van der Waals surface area contributed by atoms with E-state index in [2.05, 4.69) is 4.90 Å². The average molecular weight is 398 g/mol. The van der Waals surface area contributed by atoms with Crippen LogP contribution in [0, 0.1) is 11.6 Å². The molecule has 0 aliphatic carbocycles. The Morgan fingerprint density at radius 1 is 1.12 bits per heavy atom. The van der Waals surface area contributed by atoms with Gasteiger partial charge in [0.1, 0.15) is 11.6 Å². The predicted molar refractivity (Wildman–Crippen MR) is 100 cm³/mol. The zero-order chi connectivity index (χ0) is 17.0. The fourth-order valence-corrected chi connectivity index (χ4v) is 3.11. The van der Waals surface area contributed by atoms with E-state index in [1.165, 1.54) is 12.1 Å². The van der Waals surface area contributed by atoms with Crippen LogP contribution >= 0.6 is 24.8 Å². The molecule has 4 nitrogen and oxygen atoms in total. The summed E-state index contributed by atoms with van der Waals surface area (Å²) in [5.41, 5.74) is 6.32. The minimum Gasteiger partial charge on any atom is -0.339 e. The van der Waals surface area contributed by atoms with Crippen molar-refractivity contribution in [1.29, 1.82) is 0 Å². The highest BCUT2D eigenvalue weighted by Crippen LogP contribution is 2.28. The Hall–Kier alpha value is -0.950. The van der Waals surface area contributed by atoms with Gasteiger partial charge < -0.3 is 10.6 Å². The summed E-state index contributed by atoms with van der Waals surface area (Å²) in [4.78, 5) is 16.0. The Morgan fingerprint density at radius 2 is 1.72 bits per heavy atom. The maximum Gasteiger partial charge on any atom is 0.239 e. The van der Waals surface area contributed by atoms with Gasteiger partial charge in [-0.25, -0.2) is 8.78 Å². The lowest BCUT2D eigenvalue weighted by Crippen LogP contribution is -2.53. The summed E-state index contributed by atoms with van der Waals surface area (Å²) in [5, 5.41) is 0. The van der Waals surface area contributed by atoms with Crippen molar-refractivity contribution in [2.24, 2.45) is 5.73 Å². The van der Waals surface area contributed by atoms with Crippen LogP contribution in [0.15, 0.2) is 18.2 Å². The fourth-order valence-electron chi connectivity index (χ4n) is 3.11. The molecular formula is C17H27Cl2F2N3O. The van der Waals surface area contributed by atoms with Gasteiger partial charge in [0, 0.05) is 43.9 Å². The number of nitrogens with two attached hydrogens (primary N) is 1. The van der Waals surface area contributed by atoms with Crippen LogP contribution in [0.2, 0.25) is 0 Å². The van der Waals surface area contributed by atoms with Crippen LogP contribution < -0.4 is 5.73 Å².